The Morgan fingerprint density at radius 1 is 1.09 bits per heavy atom. The fourth-order valence-electron chi connectivity index (χ4n) is 0.891. The first kappa shape index (κ1) is 10.9. The summed E-state index contributed by atoms with van der Waals surface area (Å²) in [6.45, 7) is 9.10. The van der Waals surface area contributed by atoms with Crippen molar-refractivity contribution in [3.63, 3.8) is 0 Å². The molecule has 0 aliphatic heterocycles. The first-order chi connectivity index (χ1) is 4.72. The predicted molar refractivity (Wildman–Crippen MR) is 46.0 cm³/mol. The van der Waals surface area contributed by atoms with E-state index in [1.807, 2.05) is 20.8 Å². The van der Waals surface area contributed by atoms with Crippen LogP contribution in [-0.4, -0.2) is 23.4 Å². The zero-order valence-corrected chi connectivity index (χ0v) is 8.26. The van der Waals surface area contributed by atoms with Crippen molar-refractivity contribution in [3.05, 3.63) is 5.21 Å². The van der Waals surface area contributed by atoms with Crippen molar-refractivity contribution in [1.82, 2.24) is 5.06 Å². The highest BCUT2D eigenvalue weighted by Gasteiger charge is 2.26. The van der Waals surface area contributed by atoms with Gasteiger partial charge in [-0.2, -0.15) is 0 Å². The summed E-state index contributed by atoms with van der Waals surface area (Å²) in [5.41, 5.74) is -1.14. The molecule has 0 radical (unpaired) electrons. The largest absolute Gasteiger partial charge is 0.783 e. The van der Waals surface area contributed by atoms with Gasteiger partial charge in [-0.25, -0.2) is 0 Å². The van der Waals surface area contributed by atoms with Gasteiger partial charge in [0.25, 0.3) is 0 Å². The van der Waals surface area contributed by atoms with E-state index in [0.717, 1.165) is 5.06 Å². The molecule has 0 aromatic rings. The summed E-state index contributed by atoms with van der Waals surface area (Å²) in [6.07, 6.45) is 0. The first-order valence-corrected chi connectivity index (χ1v) is 3.74. The van der Waals surface area contributed by atoms with Crippen LogP contribution >= 0.6 is 0 Å². The lowest BCUT2D eigenvalue weighted by molar-refractivity contribution is -0.118. The van der Waals surface area contributed by atoms with Gasteiger partial charge >= 0.3 is 0 Å². The van der Waals surface area contributed by atoms with Gasteiger partial charge in [-0.05, 0) is 34.6 Å². The van der Waals surface area contributed by atoms with Crippen LogP contribution in [0, 0.1) is 5.21 Å². The zero-order valence-electron chi connectivity index (χ0n) is 8.26. The maximum Gasteiger partial charge on any atom is 0.104 e. The Labute approximate surface area is 68.9 Å². The van der Waals surface area contributed by atoms with Crippen molar-refractivity contribution < 1.29 is 4.74 Å². The third kappa shape index (κ3) is 2.77. The van der Waals surface area contributed by atoms with E-state index in [4.69, 9.17) is 4.74 Å². The van der Waals surface area contributed by atoms with Crippen LogP contribution in [-0.2, 0) is 4.74 Å². The van der Waals surface area contributed by atoms with Gasteiger partial charge in [0.1, 0.15) is 5.72 Å². The summed E-state index contributed by atoms with van der Waals surface area (Å²) in [5.74, 6) is 0. The fraction of sp³-hybridized carbons (Fsp3) is 1.00. The highest BCUT2D eigenvalue weighted by atomic mass is 16.6. The molecule has 0 heterocycles. The summed E-state index contributed by atoms with van der Waals surface area (Å²) in [4.78, 5) is 0. The molecular formula is C8H18NO2-. The van der Waals surface area contributed by atoms with E-state index < -0.39 is 11.3 Å². The quantitative estimate of drug-likeness (QED) is 0.457. The molecule has 0 aliphatic rings. The first-order valence-electron chi connectivity index (χ1n) is 3.74. The lowest BCUT2D eigenvalue weighted by atomic mass is 10.1. The molecule has 68 valence electrons. The van der Waals surface area contributed by atoms with Crippen LogP contribution in [0.4, 0.5) is 0 Å². The number of hydrogen-bond acceptors (Lipinski definition) is 3. The summed E-state index contributed by atoms with van der Waals surface area (Å²) < 4.78 is 5.04. The molecule has 0 saturated carbocycles. The monoisotopic (exact) mass is 160 g/mol. The molecule has 0 aromatic carbocycles. The smallest absolute Gasteiger partial charge is 0.104 e. The van der Waals surface area contributed by atoms with Gasteiger partial charge in [-0.1, -0.05) is 0 Å². The fourth-order valence-corrected chi connectivity index (χ4v) is 0.891. The molecule has 0 aromatic heterocycles. The number of ether oxygens (including phenoxy) is 1. The van der Waals surface area contributed by atoms with Crippen molar-refractivity contribution in [1.29, 1.82) is 0 Å². The molecule has 0 saturated heterocycles. The second-order valence-corrected chi connectivity index (χ2v) is 4.12. The van der Waals surface area contributed by atoms with Gasteiger partial charge in [-0.15, -0.1) is 0 Å². The lowest BCUT2D eigenvalue weighted by Gasteiger charge is -2.51. The van der Waals surface area contributed by atoms with Crippen molar-refractivity contribution >= 4 is 0 Å². The Balaban J connectivity index is 4.35. The van der Waals surface area contributed by atoms with Crippen LogP contribution in [0.5, 0.6) is 0 Å². The minimum atomic E-state index is -0.738. The molecule has 0 spiro atoms. The van der Waals surface area contributed by atoms with Gasteiger partial charge in [0.2, 0.25) is 0 Å². The van der Waals surface area contributed by atoms with Crippen molar-refractivity contribution in [2.24, 2.45) is 0 Å². The van der Waals surface area contributed by atoms with Gasteiger partial charge in [0.05, 0.1) is 0 Å². The van der Waals surface area contributed by atoms with Crippen LogP contribution in [0.2, 0.25) is 0 Å². The molecule has 0 atom stereocenters. The maximum atomic E-state index is 11.5. The Morgan fingerprint density at radius 2 is 1.45 bits per heavy atom. The van der Waals surface area contributed by atoms with Crippen molar-refractivity contribution in [2.45, 2.75) is 45.9 Å². The minimum Gasteiger partial charge on any atom is -0.783 e. The molecule has 0 amide bonds. The van der Waals surface area contributed by atoms with E-state index in [0.29, 0.717) is 0 Å². The van der Waals surface area contributed by atoms with Crippen LogP contribution in [0.1, 0.15) is 34.6 Å². The number of nitrogens with zero attached hydrogens (tertiary/aromatic N) is 1. The lowest BCUT2D eigenvalue weighted by Crippen LogP contribution is -2.51. The molecule has 0 bridgehead atoms. The highest BCUT2D eigenvalue weighted by molar-refractivity contribution is 4.84. The van der Waals surface area contributed by atoms with E-state index in [-0.39, 0.29) is 0 Å². The van der Waals surface area contributed by atoms with E-state index in [1.54, 1.807) is 13.8 Å². The third-order valence-electron chi connectivity index (χ3n) is 1.60. The number of rotatable bonds is 2. The summed E-state index contributed by atoms with van der Waals surface area (Å²) >= 11 is 0. The van der Waals surface area contributed by atoms with Gasteiger partial charge < -0.3 is 15.0 Å². The zero-order chi connectivity index (χ0) is 9.28. The van der Waals surface area contributed by atoms with Gasteiger partial charge in [-0.3, -0.25) is 0 Å². The molecule has 0 rings (SSSR count). The Kier molecular flexibility index (Phi) is 3.06. The normalized spacial score (nSPS) is 14.2. The van der Waals surface area contributed by atoms with E-state index >= 15 is 0 Å². The Hall–Kier alpha value is -0.120. The van der Waals surface area contributed by atoms with E-state index in [9.17, 15) is 5.21 Å². The van der Waals surface area contributed by atoms with Crippen LogP contribution in [0.25, 0.3) is 0 Å². The van der Waals surface area contributed by atoms with Crippen molar-refractivity contribution in [2.75, 3.05) is 7.11 Å². The van der Waals surface area contributed by atoms with Gasteiger partial charge in [0, 0.05) is 12.6 Å². The van der Waals surface area contributed by atoms with Crippen molar-refractivity contribution in [3.8, 4) is 0 Å². The Bertz CT molecular complexity index is 127. The van der Waals surface area contributed by atoms with Crippen LogP contribution < -0.4 is 0 Å². The second kappa shape index (κ2) is 3.09. The number of methoxy groups -OCH3 is 1. The highest BCUT2D eigenvalue weighted by Crippen LogP contribution is 2.23. The summed E-state index contributed by atoms with van der Waals surface area (Å²) in [7, 11) is 1.54. The van der Waals surface area contributed by atoms with Crippen LogP contribution in [0.3, 0.4) is 0 Å². The molecule has 11 heavy (non-hydrogen) atoms. The summed E-state index contributed by atoms with van der Waals surface area (Å²) in [5, 5.41) is 12.5. The topological polar surface area (TPSA) is 35.5 Å². The average Bonchev–Trinajstić information content (AvgIpc) is 1.84. The maximum absolute atomic E-state index is 11.5. The SMILES string of the molecule is COC(C)(C)N([O-])C(C)(C)C. The number of hydrogen-bond donors (Lipinski definition) is 0. The summed E-state index contributed by atoms with van der Waals surface area (Å²) in [6, 6.07) is 0. The molecule has 0 fully saturated rings. The molecule has 0 aliphatic carbocycles. The molecule has 0 N–H and O–H groups in total. The van der Waals surface area contributed by atoms with E-state index in [1.165, 1.54) is 7.11 Å². The average molecular weight is 160 g/mol. The number of hydroxylamine groups is 2. The van der Waals surface area contributed by atoms with Crippen LogP contribution in [0.15, 0.2) is 0 Å². The third-order valence-corrected chi connectivity index (χ3v) is 1.60. The second-order valence-electron chi connectivity index (χ2n) is 4.12. The Morgan fingerprint density at radius 3 is 1.55 bits per heavy atom. The molecular weight excluding hydrogens is 142 g/mol. The predicted octanol–water partition coefficient (Wildman–Crippen LogP) is 1.97. The van der Waals surface area contributed by atoms with Gasteiger partial charge in [0.15, 0.2) is 0 Å². The standard InChI is InChI=1S/C8H18NO2/c1-7(2,3)9(10)8(4,5)11-6/h1-6H3/q-1. The molecule has 0 unspecified atom stereocenters. The van der Waals surface area contributed by atoms with E-state index in [2.05, 4.69) is 0 Å². The molecule has 3 heteroatoms. The minimum absolute atomic E-state index is 0.403. The molecule has 3 nitrogen and oxygen atoms in total.